The van der Waals surface area contributed by atoms with Crippen LogP contribution in [0.1, 0.15) is 34.0 Å². The Morgan fingerprint density at radius 3 is 2.42 bits per heavy atom. The molecule has 1 heterocycles. The highest BCUT2D eigenvalue weighted by molar-refractivity contribution is 7.52. The zero-order valence-electron chi connectivity index (χ0n) is 16.6. The summed E-state index contributed by atoms with van der Waals surface area (Å²) in [6.45, 7) is 14.4. The van der Waals surface area contributed by atoms with E-state index in [9.17, 15) is 4.79 Å². The number of fused-ring (bicyclic) bond motifs is 3. The molecule has 4 heteroatoms. The maximum absolute atomic E-state index is 12.5. The fourth-order valence-corrected chi connectivity index (χ4v) is 15.7. The quantitative estimate of drug-likeness (QED) is 0.798. The van der Waals surface area contributed by atoms with Crippen LogP contribution in [0.15, 0.2) is 29.8 Å². The van der Waals surface area contributed by atoms with Crippen molar-refractivity contribution in [2.24, 2.45) is 5.73 Å². The van der Waals surface area contributed by atoms with E-state index in [0.717, 1.165) is 17.5 Å². The molecule has 2 bridgehead atoms. The lowest BCUT2D eigenvalue weighted by molar-refractivity contribution is 0.100. The average Bonchev–Trinajstić information content (AvgIpc) is 2.95. The maximum Gasteiger partial charge on any atom is 0.249 e. The second-order valence-corrected chi connectivity index (χ2v) is 24.0. The van der Waals surface area contributed by atoms with E-state index in [4.69, 9.17) is 5.73 Å². The highest BCUT2D eigenvalue weighted by Crippen LogP contribution is 2.39. The minimum Gasteiger partial charge on any atom is -0.366 e. The number of hydrogen-bond acceptors (Lipinski definition) is 1. The molecule has 4 rings (SSSR count). The van der Waals surface area contributed by atoms with Gasteiger partial charge in [0.05, 0.1) is 15.2 Å². The zero-order chi connectivity index (χ0) is 19.0. The molecule has 0 saturated heterocycles. The molecule has 26 heavy (non-hydrogen) atoms. The molecule has 2 aromatic rings. The molecule has 1 aliphatic carbocycles. The van der Waals surface area contributed by atoms with E-state index in [0.29, 0.717) is 0 Å². The molecule has 2 aromatic carbocycles. The van der Waals surface area contributed by atoms with Gasteiger partial charge in [0.1, 0.15) is 0 Å². The van der Waals surface area contributed by atoms with E-state index in [-0.39, 0.29) is 5.91 Å². The van der Waals surface area contributed by atoms with Gasteiger partial charge in [0.15, 0.2) is 0 Å². The molecule has 0 spiro atoms. The first-order valence-corrected chi connectivity index (χ1v) is 16.3. The third-order valence-corrected chi connectivity index (χ3v) is 24.8. The molecular weight excluding hydrogens is 350 g/mol. The van der Waals surface area contributed by atoms with E-state index < -0.39 is 15.2 Å². The Morgan fingerprint density at radius 2 is 1.77 bits per heavy atom. The van der Waals surface area contributed by atoms with Crippen molar-refractivity contribution < 1.29 is 4.79 Å². The summed E-state index contributed by atoms with van der Waals surface area (Å²) in [6.07, 6.45) is 3.29. The highest BCUT2D eigenvalue weighted by Gasteiger charge is 2.52. The Hall–Kier alpha value is -1.92. The van der Waals surface area contributed by atoms with Gasteiger partial charge in [0.2, 0.25) is 5.91 Å². The minimum atomic E-state index is -1.68. The lowest BCUT2D eigenvalue weighted by atomic mass is 9.92. The summed E-state index contributed by atoms with van der Waals surface area (Å²) in [5.41, 5.74) is 14.4. The minimum absolute atomic E-state index is 0.296. The molecule has 2 N–H and O–H groups in total. The molecule has 0 aromatic heterocycles. The van der Waals surface area contributed by atoms with Gasteiger partial charge in [-0.2, -0.15) is 0 Å². The SMILES string of the molecule is CC1=Cc2c(cccc2-c2c(C(N)=O)cc3c(C)c2[Si](C)(C)[Si]3(C)C)C1. The van der Waals surface area contributed by atoms with Crippen molar-refractivity contribution in [1.29, 1.82) is 0 Å². The van der Waals surface area contributed by atoms with E-state index in [2.05, 4.69) is 70.4 Å². The normalized spacial score (nSPS) is 18.6. The average molecular weight is 378 g/mol. The predicted molar refractivity (Wildman–Crippen MR) is 117 cm³/mol. The third kappa shape index (κ3) is 2.06. The highest BCUT2D eigenvalue weighted by atomic mass is 29.3. The van der Waals surface area contributed by atoms with Crippen LogP contribution in [-0.2, 0) is 6.42 Å². The van der Waals surface area contributed by atoms with Crippen LogP contribution in [0.25, 0.3) is 17.2 Å². The number of benzene rings is 2. The summed E-state index contributed by atoms with van der Waals surface area (Å²) in [5, 5.41) is 2.92. The lowest BCUT2D eigenvalue weighted by Gasteiger charge is -2.33. The molecule has 0 atom stereocenters. The number of carbonyl (C=O) groups is 1. The van der Waals surface area contributed by atoms with Gasteiger partial charge in [-0.25, -0.2) is 0 Å². The van der Waals surface area contributed by atoms with Gasteiger partial charge >= 0.3 is 0 Å². The van der Waals surface area contributed by atoms with Crippen LogP contribution in [0.5, 0.6) is 0 Å². The van der Waals surface area contributed by atoms with Crippen LogP contribution in [0, 0.1) is 6.92 Å². The second-order valence-electron chi connectivity index (χ2n) is 9.01. The zero-order valence-corrected chi connectivity index (χ0v) is 18.6. The number of allylic oxidation sites excluding steroid dienone is 1. The molecule has 1 aliphatic heterocycles. The summed E-state index contributed by atoms with van der Waals surface area (Å²) in [7, 11) is -3.28. The van der Waals surface area contributed by atoms with Crippen LogP contribution in [0.2, 0.25) is 26.2 Å². The largest absolute Gasteiger partial charge is 0.366 e. The van der Waals surface area contributed by atoms with Gasteiger partial charge in [-0.1, -0.05) is 72.0 Å². The number of amides is 1. The Labute approximate surface area is 157 Å². The van der Waals surface area contributed by atoms with E-state index in [1.54, 1.807) is 0 Å². The molecule has 134 valence electrons. The lowest BCUT2D eigenvalue weighted by Crippen LogP contribution is -2.63. The second kappa shape index (κ2) is 5.30. The summed E-state index contributed by atoms with van der Waals surface area (Å²) in [5.74, 6) is -0.296. The molecule has 0 saturated carbocycles. The fourth-order valence-electron chi connectivity index (χ4n) is 5.09. The van der Waals surface area contributed by atoms with Crippen molar-refractivity contribution in [3.8, 4) is 11.1 Å². The standard InChI is InChI=1S/C22H27NOSi2/c1-13-10-15-8-7-9-16(17(15)11-13)20-18(22(23)24)12-19-14(2)21(20)26(5,6)25(19,3)4/h7-9,11-12H,10H2,1-6H3,(H2,23,24). The topological polar surface area (TPSA) is 43.1 Å². The third-order valence-electron chi connectivity index (χ3n) is 7.04. The van der Waals surface area contributed by atoms with Crippen LogP contribution in [0.4, 0.5) is 0 Å². The smallest absolute Gasteiger partial charge is 0.249 e. The van der Waals surface area contributed by atoms with Gasteiger partial charge in [-0.3, -0.25) is 4.79 Å². The summed E-state index contributed by atoms with van der Waals surface area (Å²) >= 11 is 0. The van der Waals surface area contributed by atoms with Crippen molar-refractivity contribution in [1.82, 2.24) is 0 Å². The van der Waals surface area contributed by atoms with Crippen LogP contribution in [-0.4, -0.2) is 21.1 Å². The summed E-state index contributed by atoms with van der Waals surface area (Å²) < 4.78 is 0. The number of nitrogens with two attached hydrogens (primary N) is 1. The number of primary amides is 1. The Bertz CT molecular complexity index is 1020. The van der Waals surface area contributed by atoms with Crippen molar-refractivity contribution in [2.75, 3.05) is 0 Å². The van der Waals surface area contributed by atoms with Crippen LogP contribution < -0.4 is 16.1 Å². The van der Waals surface area contributed by atoms with Gasteiger partial charge in [-0.15, -0.1) is 0 Å². The first kappa shape index (κ1) is 17.5. The van der Waals surface area contributed by atoms with E-state index >= 15 is 0 Å². The van der Waals surface area contributed by atoms with Crippen LogP contribution >= 0.6 is 0 Å². The van der Waals surface area contributed by atoms with Gasteiger partial charge in [0, 0.05) is 5.56 Å². The van der Waals surface area contributed by atoms with Crippen molar-refractivity contribution in [2.45, 2.75) is 46.5 Å². The Kier molecular flexibility index (Phi) is 3.57. The summed E-state index contributed by atoms with van der Waals surface area (Å²) in [6, 6.07) is 8.67. The maximum atomic E-state index is 12.5. The van der Waals surface area contributed by atoms with E-state index in [1.807, 2.05) is 0 Å². The van der Waals surface area contributed by atoms with E-state index in [1.165, 1.54) is 38.2 Å². The predicted octanol–water partition coefficient (Wildman–Crippen LogP) is 3.64. The number of hydrogen-bond donors (Lipinski definition) is 1. The molecule has 0 unspecified atom stereocenters. The molecule has 0 radical (unpaired) electrons. The van der Waals surface area contributed by atoms with Crippen LogP contribution in [0.3, 0.4) is 0 Å². The first-order chi connectivity index (χ1) is 12.1. The van der Waals surface area contributed by atoms with Crippen molar-refractivity contribution >= 4 is 37.5 Å². The molecular formula is C22H27NOSi2. The Morgan fingerprint density at radius 1 is 1.08 bits per heavy atom. The van der Waals surface area contributed by atoms with Gasteiger partial charge in [0.25, 0.3) is 0 Å². The molecule has 0 fully saturated rings. The number of carbonyl (C=O) groups excluding carboxylic acids is 1. The number of rotatable bonds is 2. The molecule has 2 aliphatic rings. The molecule has 2 nitrogen and oxygen atoms in total. The Balaban J connectivity index is 2.14. The summed E-state index contributed by atoms with van der Waals surface area (Å²) in [4.78, 5) is 12.5. The van der Waals surface area contributed by atoms with Crippen molar-refractivity contribution in [3.63, 3.8) is 0 Å². The van der Waals surface area contributed by atoms with Gasteiger partial charge in [-0.05, 0) is 48.6 Å². The fraction of sp³-hybridized carbons (Fsp3) is 0.318. The monoisotopic (exact) mass is 377 g/mol. The van der Waals surface area contributed by atoms with Crippen molar-refractivity contribution in [3.05, 3.63) is 52.1 Å². The molecule has 1 amide bonds. The van der Waals surface area contributed by atoms with Gasteiger partial charge < -0.3 is 5.73 Å². The first-order valence-electron chi connectivity index (χ1n) is 9.35.